The molecule has 0 saturated carbocycles. The monoisotopic (exact) mass is 238 g/mol. The molecule has 0 aliphatic heterocycles. The smallest absolute Gasteiger partial charge is 0.215 e. The molecule has 1 N–H and O–H groups in total. The van der Waals surface area contributed by atoms with Crippen LogP contribution in [0.15, 0.2) is 18.5 Å². The third-order valence-electron chi connectivity index (χ3n) is 1.82. The first-order valence-electron chi connectivity index (χ1n) is 4.85. The lowest BCUT2D eigenvalue weighted by Gasteiger charge is -2.09. The molecule has 0 fully saturated rings. The van der Waals surface area contributed by atoms with Gasteiger partial charge in [-0.2, -0.15) is 5.10 Å². The predicted molar refractivity (Wildman–Crippen MR) is 60.4 cm³/mol. The summed E-state index contributed by atoms with van der Waals surface area (Å²) in [7, 11) is 0. The van der Waals surface area contributed by atoms with Crippen molar-refractivity contribution in [2.24, 2.45) is 0 Å². The standard InChI is InChI=1S/C10H11ClN4O/c1-6(2)16-9-4-7(3-8(11)14-9)10-12-5-13-15-10/h3-6H,1-2H3,(H,12,13,15). The Bertz CT molecular complexity index is 470. The van der Waals surface area contributed by atoms with Gasteiger partial charge < -0.3 is 4.74 Å². The van der Waals surface area contributed by atoms with Gasteiger partial charge >= 0.3 is 0 Å². The van der Waals surface area contributed by atoms with E-state index in [9.17, 15) is 0 Å². The van der Waals surface area contributed by atoms with E-state index in [1.807, 2.05) is 13.8 Å². The highest BCUT2D eigenvalue weighted by Crippen LogP contribution is 2.23. The van der Waals surface area contributed by atoms with Gasteiger partial charge in [-0.1, -0.05) is 11.6 Å². The highest BCUT2D eigenvalue weighted by Gasteiger charge is 2.07. The van der Waals surface area contributed by atoms with Crippen molar-refractivity contribution >= 4 is 11.6 Å². The Hall–Kier alpha value is -1.62. The van der Waals surface area contributed by atoms with Crippen molar-refractivity contribution in [3.05, 3.63) is 23.6 Å². The lowest BCUT2D eigenvalue weighted by atomic mass is 10.2. The Balaban J connectivity index is 2.36. The average molecular weight is 239 g/mol. The van der Waals surface area contributed by atoms with Crippen molar-refractivity contribution in [1.82, 2.24) is 20.2 Å². The van der Waals surface area contributed by atoms with E-state index in [0.29, 0.717) is 16.9 Å². The molecule has 0 saturated heterocycles. The highest BCUT2D eigenvalue weighted by molar-refractivity contribution is 6.29. The van der Waals surface area contributed by atoms with Gasteiger partial charge in [-0.3, -0.25) is 5.10 Å². The molecule has 2 aromatic heterocycles. The minimum Gasteiger partial charge on any atom is -0.475 e. The Labute approximate surface area is 97.8 Å². The summed E-state index contributed by atoms with van der Waals surface area (Å²) in [6, 6.07) is 3.47. The molecule has 0 unspecified atom stereocenters. The molecule has 0 radical (unpaired) electrons. The van der Waals surface area contributed by atoms with Crippen LogP contribution in [0, 0.1) is 0 Å². The molecule has 84 valence electrons. The van der Waals surface area contributed by atoms with Gasteiger partial charge in [0, 0.05) is 11.6 Å². The van der Waals surface area contributed by atoms with E-state index < -0.39 is 0 Å². The maximum Gasteiger partial charge on any atom is 0.215 e. The first kappa shape index (κ1) is 10.9. The van der Waals surface area contributed by atoms with Gasteiger partial charge in [-0.25, -0.2) is 9.97 Å². The minimum atomic E-state index is 0.0496. The van der Waals surface area contributed by atoms with Gasteiger partial charge in [0.15, 0.2) is 5.82 Å². The van der Waals surface area contributed by atoms with E-state index in [1.165, 1.54) is 6.33 Å². The molecular weight excluding hydrogens is 228 g/mol. The van der Waals surface area contributed by atoms with Crippen LogP contribution in [0.4, 0.5) is 0 Å². The fourth-order valence-corrected chi connectivity index (χ4v) is 1.46. The maximum absolute atomic E-state index is 5.90. The van der Waals surface area contributed by atoms with Gasteiger partial charge in [-0.15, -0.1) is 0 Å². The molecule has 0 atom stereocenters. The molecule has 5 nitrogen and oxygen atoms in total. The second-order valence-electron chi connectivity index (χ2n) is 3.52. The third kappa shape index (κ3) is 2.49. The van der Waals surface area contributed by atoms with Crippen LogP contribution in [0.25, 0.3) is 11.4 Å². The van der Waals surface area contributed by atoms with E-state index in [-0.39, 0.29) is 6.10 Å². The van der Waals surface area contributed by atoms with Crippen LogP contribution in [0.3, 0.4) is 0 Å². The summed E-state index contributed by atoms with van der Waals surface area (Å²) in [6.07, 6.45) is 1.49. The topological polar surface area (TPSA) is 63.7 Å². The van der Waals surface area contributed by atoms with Crippen LogP contribution < -0.4 is 4.74 Å². The Morgan fingerprint density at radius 3 is 2.81 bits per heavy atom. The predicted octanol–water partition coefficient (Wildman–Crippen LogP) is 2.31. The van der Waals surface area contributed by atoms with Gasteiger partial charge in [0.25, 0.3) is 0 Å². The normalized spacial score (nSPS) is 10.8. The first-order chi connectivity index (χ1) is 7.65. The van der Waals surface area contributed by atoms with Gasteiger partial charge in [-0.05, 0) is 19.9 Å². The molecule has 0 amide bonds. The number of hydrogen-bond acceptors (Lipinski definition) is 4. The summed E-state index contributed by atoms with van der Waals surface area (Å²) in [6.45, 7) is 3.85. The molecule has 2 heterocycles. The maximum atomic E-state index is 5.90. The zero-order chi connectivity index (χ0) is 11.5. The fourth-order valence-electron chi connectivity index (χ4n) is 1.26. The summed E-state index contributed by atoms with van der Waals surface area (Å²) in [5.41, 5.74) is 0.799. The summed E-state index contributed by atoms with van der Waals surface area (Å²) < 4.78 is 5.48. The van der Waals surface area contributed by atoms with Crippen LogP contribution in [0.1, 0.15) is 13.8 Å². The number of aromatic nitrogens is 4. The van der Waals surface area contributed by atoms with E-state index >= 15 is 0 Å². The SMILES string of the molecule is CC(C)Oc1cc(-c2ncn[nH]2)cc(Cl)n1. The van der Waals surface area contributed by atoms with Crippen molar-refractivity contribution in [2.45, 2.75) is 20.0 Å². The summed E-state index contributed by atoms with van der Waals surface area (Å²) in [4.78, 5) is 8.10. The van der Waals surface area contributed by atoms with Crippen LogP contribution in [-0.4, -0.2) is 26.3 Å². The molecular formula is C10H11ClN4O. The van der Waals surface area contributed by atoms with Gasteiger partial charge in [0.2, 0.25) is 5.88 Å². The van der Waals surface area contributed by atoms with Crippen LogP contribution in [0.5, 0.6) is 5.88 Å². The number of aromatic amines is 1. The summed E-state index contributed by atoms with van der Waals surface area (Å²) in [5, 5.41) is 6.90. The van der Waals surface area contributed by atoms with Gasteiger partial charge in [0.05, 0.1) is 6.10 Å². The molecule has 0 aliphatic carbocycles. The number of halogens is 1. The van der Waals surface area contributed by atoms with E-state index in [2.05, 4.69) is 20.2 Å². The molecule has 2 rings (SSSR count). The number of hydrogen-bond donors (Lipinski definition) is 1. The molecule has 0 aliphatic rings. The van der Waals surface area contributed by atoms with Crippen LogP contribution in [-0.2, 0) is 0 Å². The van der Waals surface area contributed by atoms with Crippen molar-refractivity contribution in [2.75, 3.05) is 0 Å². The third-order valence-corrected chi connectivity index (χ3v) is 2.01. The van der Waals surface area contributed by atoms with Crippen molar-refractivity contribution in [1.29, 1.82) is 0 Å². The second kappa shape index (κ2) is 4.49. The van der Waals surface area contributed by atoms with E-state index in [1.54, 1.807) is 12.1 Å². The summed E-state index contributed by atoms with van der Waals surface area (Å²) >= 11 is 5.90. The lowest BCUT2D eigenvalue weighted by molar-refractivity contribution is 0.233. The van der Waals surface area contributed by atoms with Gasteiger partial charge in [0.1, 0.15) is 11.5 Å². The van der Waals surface area contributed by atoms with Crippen molar-refractivity contribution in [3.63, 3.8) is 0 Å². The molecule has 6 heteroatoms. The molecule has 2 aromatic rings. The Morgan fingerprint density at radius 1 is 1.38 bits per heavy atom. The van der Waals surface area contributed by atoms with Crippen LogP contribution in [0.2, 0.25) is 5.15 Å². The summed E-state index contributed by atoms with van der Waals surface area (Å²) in [5.74, 6) is 1.12. The minimum absolute atomic E-state index is 0.0496. The van der Waals surface area contributed by atoms with Crippen molar-refractivity contribution in [3.8, 4) is 17.3 Å². The number of ether oxygens (including phenoxy) is 1. The number of H-pyrrole nitrogens is 1. The quantitative estimate of drug-likeness (QED) is 0.834. The van der Waals surface area contributed by atoms with E-state index in [4.69, 9.17) is 16.3 Å². The highest BCUT2D eigenvalue weighted by atomic mass is 35.5. The number of nitrogens with zero attached hydrogens (tertiary/aromatic N) is 3. The van der Waals surface area contributed by atoms with E-state index in [0.717, 1.165) is 5.56 Å². The average Bonchev–Trinajstić information content (AvgIpc) is 2.67. The number of nitrogens with one attached hydrogen (secondary N) is 1. The Morgan fingerprint density at radius 2 is 2.19 bits per heavy atom. The van der Waals surface area contributed by atoms with Crippen molar-refractivity contribution < 1.29 is 4.74 Å². The molecule has 16 heavy (non-hydrogen) atoms. The number of rotatable bonds is 3. The largest absolute Gasteiger partial charge is 0.475 e. The fraction of sp³-hybridized carbons (Fsp3) is 0.300. The van der Waals surface area contributed by atoms with Crippen LogP contribution >= 0.6 is 11.6 Å². The number of pyridine rings is 1. The second-order valence-corrected chi connectivity index (χ2v) is 3.90. The Kier molecular flexibility index (Phi) is 3.05. The molecule has 0 spiro atoms. The zero-order valence-electron chi connectivity index (χ0n) is 8.94. The first-order valence-corrected chi connectivity index (χ1v) is 5.23. The lowest BCUT2D eigenvalue weighted by Crippen LogP contribution is -2.07. The molecule has 0 aromatic carbocycles. The zero-order valence-corrected chi connectivity index (χ0v) is 9.69. The molecule has 0 bridgehead atoms.